The predicted molar refractivity (Wildman–Crippen MR) is 38.9 cm³/mol. The SMILES string of the molecule is CC(=O)c1c(C)noc1Br. The fourth-order valence-electron chi connectivity index (χ4n) is 0.735. The molecule has 0 fully saturated rings. The van der Waals surface area contributed by atoms with Crippen LogP contribution in [0.25, 0.3) is 0 Å². The van der Waals surface area contributed by atoms with E-state index in [0.717, 1.165) is 0 Å². The Balaban J connectivity index is 3.23. The Hall–Kier alpha value is -0.640. The van der Waals surface area contributed by atoms with Crippen LogP contribution < -0.4 is 0 Å². The largest absolute Gasteiger partial charge is 0.348 e. The van der Waals surface area contributed by atoms with Crippen LogP contribution >= 0.6 is 15.9 Å². The van der Waals surface area contributed by atoms with Gasteiger partial charge >= 0.3 is 0 Å². The maximum Gasteiger partial charge on any atom is 0.212 e. The zero-order chi connectivity index (χ0) is 7.72. The van der Waals surface area contributed by atoms with Gasteiger partial charge in [-0.2, -0.15) is 0 Å². The lowest BCUT2D eigenvalue weighted by molar-refractivity contribution is 0.101. The highest BCUT2D eigenvalue weighted by Crippen LogP contribution is 2.19. The molecular formula is C6H6BrNO2. The quantitative estimate of drug-likeness (QED) is 0.656. The summed E-state index contributed by atoms with van der Waals surface area (Å²) in [6.07, 6.45) is 0. The van der Waals surface area contributed by atoms with Gasteiger partial charge in [0.1, 0.15) is 0 Å². The maximum atomic E-state index is 10.8. The number of carbonyl (C=O) groups excluding carboxylic acids is 1. The molecule has 4 heteroatoms. The van der Waals surface area contributed by atoms with E-state index < -0.39 is 0 Å². The van der Waals surface area contributed by atoms with Gasteiger partial charge in [0.2, 0.25) is 4.67 Å². The summed E-state index contributed by atoms with van der Waals surface area (Å²) in [5.74, 6) is -0.0365. The number of hydrogen-bond acceptors (Lipinski definition) is 3. The molecule has 0 bridgehead atoms. The Morgan fingerprint density at radius 3 is 2.50 bits per heavy atom. The van der Waals surface area contributed by atoms with Gasteiger partial charge in [0.15, 0.2) is 5.78 Å². The van der Waals surface area contributed by atoms with E-state index in [1.54, 1.807) is 6.92 Å². The smallest absolute Gasteiger partial charge is 0.212 e. The van der Waals surface area contributed by atoms with Gasteiger partial charge in [-0.3, -0.25) is 4.79 Å². The molecule has 0 saturated carbocycles. The van der Waals surface area contributed by atoms with Crippen LogP contribution in [0.1, 0.15) is 23.0 Å². The van der Waals surface area contributed by atoms with Crippen LogP contribution in [0.15, 0.2) is 9.19 Å². The van der Waals surface area contributed by atoms with Gasteiger partial charge in [-0.05, 0) is 29.8 Å². The Morgan fingerprint density at radius 2 is 2.30 bits per heavy atom. The van der Waals surface area contributed by atoms with Crippen molar-refractivity contribution in [1.29, 1.82) is 0 Å². The first-order chi connectivity index (χ1) is 4.63. The van der Waals surface area contributed by atoms with Crippen molar-refractivity contribution < 1.29 is 9.32 Å². The van der Waals surface area contributed by atoms with Gasteiger partial charge in [-0.1, -0.05) is 5.16 Å². The number of ketones is 1. The van der Waals surface area contributed by atoms with Gasteiger partial charge < -0.3 is 4.52 Å². The molecule has 0 saturated heterocycles. The number of Topliss-reactive ketones (excluding diaryl/α,β-unsaturated/α-hetero) is 1. The van der Waals surface area contributed by atoms with E-state index in [1.165, 1.54) is 6.92 Å². The fourth-order valence-corrected chi connectivity index (χ4v) is 1.37. The first-order valence-electron chi connectivity index (χ1n) is 2.75. The molecule has 10 heavy (non-hydrogen) atoms. The molecule has 0 amide bonds. The monoisotopic (exact) mass is 203 g/mol. The third-order valence-electron chi connectivity index (χ3n) is 1.17. The van der Waals surface area contributed by atoms with Gasteiger partial charge in [-0.25, -0.2) is 0 Å². The molecule has 0 unspecified atom stereocenters. The third kappa shape index (κ3) is 1.11. The molecule has 0 aliphatic rings. The first-order valence-corrected chi connectivity index (χ1v) is 3.55. The van der Waals surface area contributed by atoms with Gasteiger partial charge in [0.05, 0.1) is 11.3 Å². The van der Waals surface area contributed by atoms with Crippen molar-refractivity contribution >= 4 is 21.7 Å². The van der Waals surface area contributed by atoms with Crippen LogP contribution in [-0.4, -0.2) is 10.9 Å². The van der Waals surface area contributed by atoms with Crippen LogP contribution in [0.3, 0.4) is 0 Å². The molecule has 0 aliphatic carbocycles. The van der Waals surface area contributed by atoms with Crippen LogP contribution in [0.5, 0.6) is 0 Å². The van der Waals surface area contributed by atoms with Gasteiger partial charge in [0.25, 0.3) is 0 Å². The Bertz CT molecular complexity index is 247. The number of hydrogen-bond donors (Lipinski definition) is 0. The van der Waals surface area contributed by atoms with E-state index in [9.17, 15) is 4.79 Å². The van der Waals surface area contributed by atoms with Crippen molar-refractivity contribution in [3.05, 3.63) is 15.9 Å². The molecule has 1 aromatic heterocycles. The molecular weight excluding hydrogens is 198 g/mol. The molecule has 0 radical (unpaired) electrons. The Morgan fingerprint density at radius 1 is 1.70 bits per heavy atom. The van der Waals surface area contributed by atoms with Crippen molar-refractivity contribution in [2.45, 2.75) is 13.8 Å². The molecule has 0 atom stereocenters. The van der Waals surface area contributed by atoms with E-state index >= 15 is 0 Å². The number of nitrogens with zero attached hydrogens (tertiary/aromatic N) is 1. The van der Waals surface area contributed by atoms with Crippen LogP contribution in [0, 0.1) is 6.92 Å². The average Bonchev–Trinajstić information content (AvgIpc) is 2.11. The van der Waals surface area contributed by atoms with Crippen molar-refractivity contribution in [3.63, 3.8) is 0 Å². The minimum absolute atomic E-state index is 0.0365. The summed E-state index contributed by atoms with van der Waals surface area (Å²) >= 11 is 3.07. The predicted octanol–water partition coefficient (Wildman–Crippen LogP) is 1.95. The van der Waals surface area contributed by atoms with Crippen LogP contribution in [0.2, 0.25) is 0 Å². The number of aryl methyl sites for hydroxylation is 1. The van der Waals surface area contributed by atoms with E-state index in [-0.39, 0.29) is 5.78 Å². The second kappa shape index (κ2) is 2.54. The second-order valence-electron chi connectivity index (χ2n) is 1.97. The summed E-state index contributed by atoms with van der Waals surface area (Å²) < 4.78 is 5.12. The molecule has 0 N–H and O–H groups in total. The third-order valence-corrected chi connectivity index (χ3v) is 1.71. The summed E-state index contributed by atoms with van der Waals surface area (Å²) in [6.45, 7) is 3.20. The summed E-state index contributed by atoms with van der Waals surface area (Å²) in [4.78, 5) is 10.8. The molecule has 0 aromatic carbocycles. The van der Waals surface area contributed by atoms with E-state index in [0.29, 0.717) is 15.9 Å². The minimum atomic E-state index is -0.0365. The second-order valence-corrected chi connectivity index (χ2v) is 2.69. The van der Waals surface area contributed by atoms with Crippen molar-refractivity contribution in [2.75, 3.05) is 0 Å². The molecule has 1 rings (SSSR count). The summed E-state index contributed by atoms with van der Waals surface area (Å²) in [5.41, 5.74) is 1.15. The molecule has 1 aromatic rings. The minimum Gasteiger partial charge on any atom is -0.348 e. The van der Waals surface area contributed by atoms with E-state index in [2.05, 4.69) is 21.1 Å². The normalized spacial score (nSPS) is 9.90. The Labute approximate surface area is 66.5 Å². The Kier molecular flexibility index (Phi) is 1.89. The molecule has 1 heterocycles. The zero-order valence-corrected chi connectivity index (χ0v) is 7.23. The molecule has 3 nitrogen and oxygen atoms in total. The lowest BCUT2D eigenvalue weighted by Gasteiger charge is -1.86. The number of aromatic nitrogens is 1. The maximum absolute atomic E-state index is 10.8. The van der Waals surface area contributed by atoms with Crippen LogP contribution in [-0.2, 0) is 0 Å². The highest BCUT2D eigenvalue weighted by atomic mass is 79.9. The number of halogens is 1. The van der Waals surface area contributed by atoms with E-state index in [4.69, 9.17) is 4.52 Å². The number of rotatable bonds is 1. The zero-order valence-electron chi connectivity index (χ0n) is 5.64. The first kappa shape index (κ1) is 7.47. The standard InChI is InChI=1S/C6H6BrNO2/c1-3-5(4(2)9)6(7)10-8-3/h1-2H3. The number of carbonyl (C=O) groups is 1. The lowest BCUT2D eigenvalue weighted by Crippen LogP contribution is -1.92. The topological polar surface area (TPSA) is 43.1 Å². The highest BCUT2D eigenvalue weighted by Gasteiger charge is 2.13. The molecule has 0 spiro atoms. The van der Waals surface area contributed by atoms with Crippen molar-refractivity contribution in [1.82, 2.24) is 5.16 Å². The van der Waals surface area contributed by atoms with Gasteiger partial charge in [0, 0.05) is 0 Å². The summed E-state index contributed by atoms with van der Waals surface area (Å²) in [6, 6.07) is 0. The van der Waals surface area contributed by atoms with Crippen molar-refractivity contribution in [2.24, 2.45) is 0 Å². The van der Waals surface area contributed by atoms with Crippen molar-refractivity contribution in [3.8, 4) is 0 Å². The van der Waals surface area contributed by atoms with E-state index in [1.807, 2.05) is 0 Å². The highest BCUT2D eigenvalue weighted by molar-refractivity contribution is 9.10. The average molecular weight is 204 g/mol. The summed E-state index contributed by atoms with van der Waals surface area (Å²) in [7, 11) is 0. The van der Waals surface area contributed by atoms with Gasteiger partial charge in [-0.15, -0.1) is 0 Å². The summed E-state index contributed by atoms with van der Waals surface area (Å²) in [5, 5.41) is 3.59. The lowest BCUT2D eigenvalue weighted by atomic mass is 10.2. The van der Waals surface area contributed by atoms with Crippen LogP contribution in [0.4, 0.5) is 0 Å². The fraction of sp³-hybridized carbons (Fsp3) is 0.333. The molecule has 0 aliphatic heterocycles. The molecule has 54 valence electrons.